The number of oxime groups is 2. The number of hydrogen-bond acceptors (Lipinski definition) is 8. The molecule has 4 amide bonds. The normalized spacial score (nSPS) is 28.0. The van der Waals surface area contributed by atoms with Crippen molar-refractivity contribution in [1.82, 2.24) is 10.6 Å². The molecule has 10 nitrogen and oxygen atoms in total. The van der Waals surface area contributed by atoms with E-state index in [1.807, 2.05) is 10.6 Å². The number of rotatable bonds is 1. The maximum atomic E-state index is 12.1. The van der Waals surface area contributed by atoms with E-state index < -0.39 is 40.8 Å². The van der Waals surface area contributed by atoms with Crippen LogP contribution in [0.4, 0.5) is 4.79 Å². The highest BCUT2D eigenvalue weighted by molar-refractivity contribution is 6.39. The third-order valence-electron chi connectivity index (χ3n) is 3.77. The quantitative estimate of drug-likeness (QED) is 0.247. The van der Waals surface area contributed by atoms with E-state index in [0.717, 1.165) is 0 Å². The smallest absolute Gasteiger partial charge is 0.328 e. The van der Waals surface area contributed by atoms with Crippen molar-refractivity contribution in [3.63, 3.8) is 0 Å². The highest BCUT2D eigenvalue weighted by Gasteiger charge is 2.61. The van der Waals surface area contributed by atoms with Crippen LogP contribution < -0.4 is 10.6 Å². The van der Waals surface area contributed by atoms with Crippen molar-refractivity contribution in [2.45, 2.75) is 5.60 Å². The molecule has 1 aliphatic heterocycles. The molecule has 10 heteroatoms. The molecular formula is C13H10N4O6. The van der Waals surface area contributed by atoms with Crippen molar-refractivity contribution >= 4 is 29.3 Å². The Morgan fingerprint density at radius 1 is 0.913 bits per heavy atom. The lowest BCUT2D eigenvalue weighted by Crippen LogP contribution is -2.66. The molecule has 0 bridgehead atoms. The minimum absolute atomic E-state index is 0.183. The second-order valence-electron chi connectivity index (χ2n) is 4.95. The van der Waals surface area contributed by atoms with Gasteiger partial charge in [0.05, 0.1) is 0 Å². The van der Waals surface area contributed by atoms with Crippen LogP contribution in [-0.4, -0.2) is 50.4 Å². The summed E-state index contributed by atoms with van der Waals surface area (Å²) in [6.07, 6.45) is 0. The van der Waals surface area contributed by atoms with Gasteiger partial charge in [0.15, 0.2) is 11.5 Å². The molecule has 0 unspecified atom stereocenters. The van der Waals surface area contributed by atoms with Gasteiger partial charge in [-0.15, -0.1) is 0 Å². The Balaban J connectivity index is 2.23. The molecule has 0 saturated carbocycles. The zero-order chi connectivity index (χ0) is 16.8. The molecule has 5 N–H and O–H groups in total. The number of nitrogens with zero attached hydrogens (tertiary/aromatic N) is 2. The number of barbiturate groups is 1. The first kappa shape index (κ1) is 14.7. The van der Waals surface area contributed by atoms with Crippen LogP contribution in [0.5, 0.6) is 0 Å². The van der Waals surface area contributed by atoms with E-state index in [1.54, 1.807) is 12.1 Å². The van der Waals surface area contributed by atoms with Crippen LogP contribution >= 0.6 is 0 Å². The summed E-state index contributed by atoms with van der Waals surface area (Å²) in [4.78, 5) is 35.3. The minimum atomic E-state index is -2.54. The molecular weight excluding hydrogens is 308 g/mol. The van der Waals surface area contributed by atoms with Gasteiger partial charge < -0.3 is 15.5 Å². The van der Waals surface area contributed by atoms with Crippen molar-refractivity contribution < 1.29 is 29.9 Å². The molecule has 1 aliphatic carbocycles. The van der Waals surface area contributed by atoms with Gasteiger partial charge in [0.1, 0.15) is 11.4 Å². The zero-order valence-corrected chi connectivity index (χ0v) is 11.3. The molecule has 2 aliphatic rings. The number of benzene rings is 1. The summed E-state index contributed by atoms with van der Waals surface area (Å²) < 4.78 is 0. The summed E-state index contributed by atoms with van der Waals surface area (Å²) in [5.74, 6) is -4.11. The molecule has 1 fully saturated rings. The van der Waals surface area contributed by atoms with Gasteiger partial charge in [0.2, 0.25) is 11.8 Å². The maximum Gasteiger partial charge on any atom is 0.328 e. The molecule has 0 spiro atoms. The summed E-state index contributed by atoms with van der Waals surface area (Å²) >= 11 is 0. The second kappa shape index (κ2) is 4.88. The van der Waals surface area contributed by atoms with Crippen molar-refractivity contribution in [2.75, 3.05) is 0 Å². The van der Waals surface area contributed by atoms with E-state index in [-0.39, 0.29) is 11.1 Å². The first-order valence-electron chi connectivity index (χ1n) is 6.38. The average molecular weight is 318 g/mol. The van der Waals surface area contributed by atoms with E-state index >= 15 is 0 Å². The topological polar surface area (TPSA) is 161 Å². The number of carbonyl (C=O) groups is 3. The summed E-state index contributed by atoms with van der Waals surface area (Å²) in [5, 5.41) is 39.1. The minimum Gasteiger partial charge on any atom is -0.411 e. The SMILES string of the molecule is O=C1NC(=O)C(C2(O)/C(=N/O)c3ccccc3/C2=N\O)C(=O)N1. The highest BCUT2D eigenvalue weighted by Crippen LogP contribution is 2.37. The molecule has 23 heavy (non-hydrogen) atoms. The average Bonchev–Trinajstić information content (AvgIpc) is 2.73. The summed E-state index contributed by atoms with van der Waals surface area (Å²) in [6.45, 7) is 0. The highest BCUT2D eigenvalue weighted by atomic mass is 16.4. The first-order chi connectivity index (χ1) is 10.9. The van der Waals surface area contributed by atoms with Gasteiger partial charge >= 0.3 is 6.03 Å². The van der Waals surface area contributed by atoms with Gasteiger partial charge in [-0.05, 0) is 0 Å². The largest absolute Gasteiger partial charge is 0.411 e. The zero-order valence-electron chi connectivity index (χ0n) is 11.3. The molecule has 0 aromatic heterocycles. The summed E-state index contributed by atoms with van der Waals surface area (Å²) in [7, 11) is 0. The van der Waals surface area contributed by atoms with Gasteiger partial charge in [0.25, 0.3) is 0 Å². The van der Waals surface area contributed by atoms with Crippen molar-refractivity contribution in [3.05, 3.63) is 35.4 Å². The molecule has 1 heterocycles. The Morgan fingerprint density at radius 3 is 1.74 bits per heavy atom. The first-order valence-corrected chi connectivity index (χ1v) is 6.38. The van der Waals surface area contributed by atoms with Crippen LogP contribution in [0.15, 0.2) is 34.6 Å². The van der Waals surface area contributed by atoms with Gasteiger partial charge in [-0.3, -0.25) is 20.2 Å². The fourth-order valence-corrected chi connectivity index (χ4v) is 2.85. The Kier molecular flexibility index (Phi) is 3.11. The lowest BCUT2D eigenvalue weighted by molar-refractivity contribution is -0.140. The third kappa shape index (κ3) is 1.82. The molecule has 1 saturated heterocycles. The van der Waals surface area contributed by atoms with Crippen LogP contribution in [0.2, 0.25) is 0 Å². The van der Waals surface area contributed by atoms with Crippen LogP contribution in [0.25, 0.3) is 0 Å². The van der Waals surface area contributed by atoms with E-state index in [0.29, 0.717) is 0 Å². The Bertz CT molecular complexity index is 740. The predicted molar refractivity (Wildman–Crippen MR) is 73.2 cm³/mol. The van der Waals surface area contributed by atoms with Crippen LogP contribution in [0.1, 0.15) is 11.1 Å². The van der Waals surface area contributed by atoms with Gasteiger partial charge in [-0.1, -0.05) is 34.6 Å². The summed E-state index contributed by atoms with van der Waals surface area (Å²) in [5.41, 5.74) is -3.05. The molecule has 1 aromatic carbocycles. The van der Waals surface area contributed by atoms with E-state index in [1.165, 1.54) is 12.1 Å². The fourth-order valence-electron chi connectivity index (χ4n) is 2.85. The third-order valence-corrected chi connectivity index (χ3v) is 3.77. The Morgan fingerprint density at radius 2 is 1.35 bits per heavy atom. The number of nitrogens with one attached hydrogen (secondary N) is 2. The molecule has 118 valence electrons. The number of fused-ring (bicyclic) bond motifs is 1. The fraction of sp³-hybridized carbons (Fsp3) is 0.154. The van der Waals surface area contributed by atoms with Crippen LogP contribution in [-0.2, 0) is 9.59 Å². The van der Waals surface area contributed by atoms with Crippen LogP contribution in [0, 0.1) is 5.92 Å². The lowest BCUT2D eigenvalue weighted by atomic mass is 9.80. The van der Waals surface area contributed by atoms with E-state index in [2.05, 4.69) is 10.3 Å². The molecule has 0 atom stereocenters. The van der Waals surface area contributed by atoms with Crippen molar-refractivity contribution in [3.8, 4) is 0 Å². The van der Waals surface area contributed by atoms with Gasteiger partial charge in [0, 0.05) is 11.1 Å². The van der Waals surface area contributed by atoms with E-state index in [9.17, 15) is 29.9 Å². The molecule has 0 radical (unpaired) electrons. The standard InChI is InChI=1S/C13H10N4O6/c18-10-7(11(19)15-12(20)14-10)13(21)8(16-22)5-3-1-2-4-6(5)9(13)17-23/h1-4,7,21-23H,(H2,14,15,18,19,20)/b16-8+,17-9+. The Labute approximate surface area is 128 Å². The number of hydrogen-bond donors (Lipinski definition) is 5. The molecule has 3 rings (SSSR count). The van der Waals surface area contributed by atoms with E-state index in [4.69, 9.17) is 0 Å². The number of urea groups is 1. The maximum absolute atomic E-state index is 12.1. The van der Waals surface area contributed by atoms with Crippen LogP contribution in [0.3, 0.4) is 0 Å². The second-order valence-corrected chi connectivity index (χ2v) is 4.95. The van der Waals surface area contributed by atoms with Crippen molar-refractivity contribution in [1.29, 1.82) is 0 Å². The van der Waals surface area contributed by atoms with Gasteiger partial charge in [-0.2, -0.15) is 0 Å². The monoisotopic (exact) mass is 318 g/mol. The molecule has 1 aromatic rings. The van der Waals surface area contributed by atoms with Crippen molar-refractivity contribution in [2.24, 2.45) is 16.2 Å². The lowest BCUT2D eigenvalue weighted by Gasteiger charge is -2.32. The predicted octanol–water partition coefficient (Wildman–Crippen LogP) is -1.23. The Hall–Kier alpha value is -3.27. The summed E-state index contributed by atoms with van der Waals surface area (Å²) in [6, 6.07) is 5.00. The number of imide groups is 2. The number of aliphatic hydroxyl groups is 1. The number of amides is 4. The number of carbonyl (C=O) groups excluding carboxylic acids is 3. The van der Waals surface area contributed by atoms with Gasteiger partial charge in [-0.25, -0.2) is 4.79 Å².